The molecule has 8 nitrogen and oxygen atoms in total. The fourth-order valence-electron chi connectivity index (χ4n) is 5.39. The van der Waals surface area contributed by atoms with Crippen molar-refractivity contribution in [1.82, 2.24) is 19.6 Å². The molecule has 1 fully saturated rings. The first-order valence-electron chi connectivity index (χ1n) is 13.3. The Morgan fingerprint density at radius 3 is 2.61 bits per heavy atom. The highest BCUT2D eigenvalue weighted by molar-refractivity contribution is 6.10. The van der Waals surface area contributed by atoms with Crippen molar-refractivity contribution in [3.63, 3.8) is 0 Å². The average molecular weight is 518 g/mol. The third-order valence-corrected chi connectivity index (χ3v) is 7.37. The largest absolute Gasteiger partial charge is 0.379 e. The summed E-state index contributed by atoms with van der Waals surface area (Å²) in [6, 6.07) is 6.06. The summed E-state index contributed by atoms with van der Waals surface area (Å²) in [5.74, 6) is -0.193. The molecule has 4 rings (SSSR count). The second-order valence-electron chi connectivity index (χ2n) is 10.00. The quantitative estimate of drug-likeness (QED) is 0.434. The van der Waals surface area contributed by atoms with Crippen molar-refractivity contribution in [2.24, 2.45) is 4.99 Å². The molecule has 0 spiro atoms. The minimum absolute atomic E-state index is 0.0787. The zero-order valence-electron chi connectivity index (χ0n) is 23.4. The van der Waals surface area contributed by atoms with Crippen LogP contribution in [0.4, 0.5) is 0 Å². The van der Waals surface area contributed by atoms with Crippen LogP contribution in [0.3, 0.4) is 0 Å². The molecule has 1 unspecified atom stereocenters. The fraction of sp³-hybridized carbons (Fsp3) is 0.433. The molecule has 1 aliphatic heterocycles. The number of carbonyl (C=O) groups is 1. The van der Waals surface area contributed by atoms with Gasteiger partial charge < -0.3 is 19.4 Å². The van der Waals surface area contributed by atoms with Crippen molar-refractivity contribution in [2.75, 3.05) is 33.4 Å². The first-order valence-corrected chi connectivity index (χ1v) is 13.3. The maximum atomic E-state index is 13.6. The monoisotopic (exact) mass is 517 g/mol. The number of carbonyl (C=O) groups excluding carboxylic acids is 1. The minimum atomic E-state index is -0.193. The van der Waals surface area contributed by atoms with Crippen LogP contribution in [0.15, 0.2) is 40.3 Å². The maximum absolute atomic E-state index is 13.6. The van der Waals surface area contributed by atoms with Gasteiger partial charge in [-0.25, -0.2) is 0 Å². The molecule has 0 saturated carbocycles. The van der Waals surface area contributed by atoms with Gasteiger partial charge in [0.1, 0.15) is 0 Å². The highest BCUT2D eigenvalue weighted by Crippen LogP contribution is 2.31. The summed E-state index contributed by atoms with van der Waals surface area (Å²) >= 11 is 0. The highest BCUT2D eigenvalue weighted by atomic mass is 16.5. The van der Waals surface area contributed by atoms with Gasteiger partial charge >= 0.3 is 0 Å². The molecule has 1 atom stereocenters. The van der Waals surface area contributed by atoms with Crippen molar-refractivity contribution >= 4 is 23.2 Å². The van der Waals surface area contributed by atoms with Crippen molar-refractivity contribution in [3.8, 4) is 0 Å². The zero-order valence-corrected chi connectivity index (χ0v) is 23.4. The summed E-state index contributed by atoms with van der Waals surface area (Å²) in [5, 5.41) is 3.00. The number of ether oxygens (including phenoxy) is 1. The number of aliphatic imine (C=N–C) groups is 1. The van der Waals surface area contributed by atoms with Crippen LogP contribution in [0.1, 0.15) is 70.3 Å². The van der Waals surface area contributed by atoms with Gasteiger partial charge in [0.2, 0.25) is 0 Å². The predicted octanol–water partition coefficient (Wildman–Crippen LogP) is 4.37. The Kier molecular flexibility index (Phi) is 8.64. The van der Waals surface area contributed by atoms with Crippen LogP contribution in [0.5, 0.6) is 0 Å². The van der Waals surface area contributed by atoms with Crippen LogP contribution in [-0.4, -0.2) is 59.8 Å². The number of hydrogen-bond donors (Lipinski definition) is 2. The van der Waals surface area contributed by atoms with Crippen LogP contribution in [0, 0.1) is 20.8 Å². The van der Waals surface area contributed by atoms with E-state index in [2.05, 4.69) is 56.8 Å². The number of nitrogens with zero attached hydrogens (tertiary/aromatic N) is 3. The molecule has 3 aromatic rings. The van der Waals surface area contributed by atoms with Crippen molar-refractivity contribution in [2.45, 2.75) is 53.6 Å². The number of nitrogens with one attached hydrogen (secondary N) is 2. The molecule has 38 heavy (non-hydrogen) atoms. The normalized spacial score (nSPS) is 15.9. The van der Waals surface area contributed by atoms with Crippen LogP contribution in [-0.2, 0) is 11.3 Å². The number of pyridine rings is 2. The Balaban J connectivity index is 1.78. The molecule has 1 saturated heterocycles. The van der Waals surface area contributed by atoms with Crippen LogP contribution >= 0.6 is 0 Å². The molecule has 1 aliphatic rings. The van der Waals surface area contributed by atoms with E-state index in [1.165, 1.54) is 0 Å². The summed E-state index contributed by atoms with van der Waals surface area (Å²) in [6.45, 7) is 13.3. The molecule has 8 heteroatoms. The molecular weight excluding hydrogens is 478 g/mol. The van der Waals surface area contributed by atoms with Crippen LogP contribution < -0.4 is 10.9 Å². The van der Waals surface area contributed by atoms with Crippen molar-refractivity contribution in [1.29, 1.82) is 0 Å². The lowest BCUT2D eigenvalue weighted by molar-refractivity contribution is 0.0187. The summed E-state index contributed by atoms with van der Waals surface area (Å²) < 4.78 is 7.80. The Bertz CT molecular complexity index is 1440. The van der Waals surface area contributed by atoms with Gasteiger partial charge in [-0.3, -0.25) is 19.5 Å². The molecule has 0 bridgehead atoms. The number of aryl methyl sites for hydroxylation is 2. The van der Waals surface area contributed by atoms with E-state index in [0.717, 1.165) is 58.7 Å². The van der Waals surface area contributed by atoms with E-state index in [0.29, 0.717) is 24.3 Å². The second-order valence-corrected chi connectivity index (χ2v) is 10.00. The number of morpholine rings is 1. The lowest BCUT2D eigenvalue weighted by atomic mass is 10.0. The SMILES string of the molecule is CC/C=C(\C=NC)c1cc2cc(C(=O)NCc3c(C)cc(C)[nH]c3=O)c(C)c(C(C)N3CCOCC3)n2c1. The Morgan fingerprint density at radius 2 is 1.95 bits per heavy atom. The number of fused-ring (bicyclic) bond motifs is 1. The second kappa shape index (κ2) is 11.9. The molecule has 3 aromatic heterocycles. The van der Waals surface area contributed by atoms with E-state index in [1.807, 2.05) is 39.1 Å². The standard InChI is InChI=1S/C30H39N5O3/c1-7-8-23(16-31-6)24-14-25-15-26(29(36)32-17-27-19(2)13-20(3)33-30(27)37)21(4)28(35(25)18-24)22(5)34-9-11-38-12-10-34/h8,13-16,18,22H,7,9-12,17H2,1-6H3,(H,32,36)(H,33,37)/b23-8+,31-16?. The van der Waals surface area contributed by atoms with E-state index >= 15 is 0 Å². The Hall–Kier alpha value is -3.49. The zero-order chi connectivity index (χ0) is 27.4. The Morgan fingerprint density at radius 1 is 1.21 bits per heavy atom. The van der Waals surface area contributed by atoms with Crippen molar-refractivity contribution in [3.05, 3.63) is 80.0 Å². The molecular formula is C30H39N5O3. The summed E-state index contributed by atoms with van der Waals surface area (Å²) in [5.41, 5.74) is 7.76. The molecule has 0 aromatic carbocycles. The van der Waals surface area contributed by atoms with E-state index in [1.54, 1.807) is 7.05 Å². The Labute approximate surface area is 224 Å². The van der Waals surface area contributed by atoms with Gasteiger partial charge in [-0.15, -0.1) is 0 Å². The number of H-pyrrole nitrogens is 1. The maximum Gasteiger partial charge on any atom is 0.253 e. The van der Waals surface area contributed by atoms with Gasteiger partial charge in [-0.2, -0.15) is 0 Å². The predicted molar refractivity (Wildman–Crippen MR) is 153 cm³/mol. The molecule has 4 heterocycles. The van der Waals surface area contributed by atoms with E-state index in [4.69, 9.17) is 4.74 Å². The topological polar surface area (TPSA) is 91.2 Å². The lowest BCUT2D eigenvalue weighted by Gasteiger charge is -2.34. The first kappa shape index (κ1) is 27.5. The molecule has 202 valence electrons. The third-order valence-electron chi connectivity index (χ3n) is 7.37. The summed E-state index contributed by atoms with van der Waals surface area (Å²) in [6.07, 6.45) is 7.09. The van der Waals surface area contributed by atoms with Gasteiger partial charge in [-0.1, -0.05) is 13.0 Å². The van der Waals surface area contributed by atoms with Gasteiger partial charge in [0.15, 0.2) is 0 Å². The van der Waals surface area contributed by atoms with Crippen molar-refractivity contribution < 1.29 is 9.53 Å². The van der Waals surface area contributed by atoms with E-state index in [9.17, 15) is 9.59 Å². The molecule has 0 aliphatic carbocycles. The summed E-state index contributed by atoms with van der Waals surface area (Å²) in [4.78, 5) is 35.6. The lowest BCUT2D eigenvalue weighted by Crippen LogP contribution is -2.39. The number of allylic oxidation sites excluding steroid dienone is 2. The van der Waals surface area contributed by atoms with Crippen LogP contribution in [0.2, 0.25) is 0 Å². The van der Waals surface area contributed by atoms with E-state index in [-0.39, 0.29) is 24.1 Å². The number of hydrogen-bond acceptors (Lipinski definition) is 5. The first-order chi connectivity index (χ1) is 18.2. The third kappa shape index (κ3) is 5.66. The summed E-state index contributed by atoms with van der Waals surface area (Å²) in [7, 11) is 1.78. The number of rotatable bonds is 8. The number of aromatic amines is 1. The molecule has 2 N–H and O–H groups in total. The minimum Gasteiger partial charge on any atom is -0.379 e. The smallest absolute Gasteiger partial charge is 0.253 e. The van der Waals surface area contributed by atoms with E-state index < -0.39 is 0 Å². The molecule has 1 amide bonds. The average Bonchev–Trinajstić information content (AvgIpc) is 3.31. The van der Waals surface area contributed by atoms with Gasteiger partial charge in [0, 0.05) is 78.7 Å². The van der Waals surface area contributed by atoms with Gasteiger partial charge in [0.05, 0.1) is 13.2 Å². The van der Waals surface area contributed by atoms with Gasteiger partial charge in [0.25, 0.3) is 11.5 Å². The van der Waals surface area contributed by atoms with Crippen LogP contribution in [0.25, 0.3) is 11.1 Å². The fourth-order valence-corrected chi connectivity index (χ4v) is 5.39. The highest BCUT2D eigenvalue weighted by Gasteiger charge is 2.26. The van der Waals surface area contributed by atoms with Gasteiger partial charge in [-0.05, 0) is 69.0 Å². The number of aromatic nitrogens is 2. The number of amides is 1. The molecule has 0 radical (unpaired) electrons.